The van der Waals surface area contributed by atoms with Gasteiger partial charge in [-0.05, 0) is 37.5 Å². The number of rotatable bonds is 9. The molecule has 29 heavy (non-hydrogen) atoms. The fourth-order valence-corrected chi connectivity index (χ4v) is 3.39. The fourth-order valence-electron chi connectivity index (χ4n) is 3.39. The van der Waals surface area contributed by atoms with E-state index in [9.17, 15) is 0 Å². The van der Waals surface area contributed by atoms with Gasteiger partial charge in [0.2, 0.25) is 0 Å². The summed E-state index contributed by atoms with van der Waals surface area (Å²) in [7, 11) is 0. The van der Waals surface area contributed by atoms with Crippen LogP contribution in [-0.2, 0) is 13.0 Å². The zero-order valence-electron chi connectivity index (χ0n) is 17.6. The lowest BCUT2D eigenvalue weighted by molar-refractivity contribution is 0.169. The lowest BCUT2D eigenvalue weighted by Crippen LogP contribution is -2.52. The number of piperazine rings is 1. The summed E-state index contributed by atoms with van der Waals surface area (Å²) in [6.07, 6.45) is 3.56. The number of aromatic nitrogens is 1. The van der Waals surface area contributed by atoms with E-state index in [1.165, 1.54) is 5.56 Å². The number of guanidine groups is 1. The summed E-state index contributed by atoms with van der Waals surface area (Å²) in [6.45, 7) is 11.4. The molecule has 1 aromatic heterocycles. The second kappa shape index (κ2) is 11.5. The molecule has 0 unspecified atom stereocenters. The molecule has 0 spiro atoms. The molecule has 0 atom stereocenters. The summed E-state index contributed by atoms with van der Waals surface area (Å²) in [4.78, 5) is 9.62. The van der Waals surface area contributed by atoms with Crippen molar-refractivity contribution >= 4 is 5.96 Å². The summed E-state index contributed by atoms with van der Waals surface area (Å²) < 4.78 is 10.7. The molecule has 1 fully saturated rings. The van der Waals surface area contributed by atoms with Gasteiger partial charge in [-0.25, -0.2) is 0 Å². The van der Waals surface area contributed by atoms with Gasteiger partial charge in [0.05, 0.1) is 12.3 Å². The molecule has 0 radical (unpaired) electrons. The maximum absolute atomic E-state index is 5.73. The minimum absolute atomic E-state index is 0.759. The van der Waals surface area contributed by atoms with Crippen molar-refractivity contribution in [1.82, 2.24) is 20.3 Å². The second-order valence-corrected chi connectivity index (χ2v) is 7.24. The van der Waals surface area contributed by atoms with E-state index in [1.54, 1.807) is 6.26 Å². The van der Waals surface area contributed by atoms with E-state index in [4.69, 9.17) is 14.3 Å². The third-order valence-corrected chi connectivity index (χ3v) is 4.92. The Balaban J connectivity index is 1.49. The van der Waals surface area contributed by atoms with Crippen LogP contribution in [0.15, 0.2) is 46.1 Å². The Morgan fingerprint density at radius 3 is 2.79 bits per heavy atom. The van der Waals surface area contributed by atoms with Crippen molar-refractivity contribution in [2.24, 2.45) is 4.99 Å². The molecule has 1 saturated heterocycles. The van der Waals surface area contributed by atoms with Gasteiger partial charge >= 0.3 is 0 Å². The van der Waals surface area contributed by atoms with Crippen molar-refractivity contribution in [3.63, 3.8) is 0 Å². The van der Waals surface area contributed by atoms with E-state index in [1.807, 2.05) is 12.1 Å². The van der Waals surface area contributed by atoms with Crippen LogP contribution in [0.5, 0.6) is 5.75 Å². The first-order valence-corrected chi connectivity index (χ1v) is 10.6. The molecule has 7 nitrogen and oxygen atoms in total. The Morgan fingerprint density at radius 1 is 1.21 bits per heavy atom. The van der Waals surface area contributed by atoms with Crippen LogP contribution in [-0.4, -0.2) is 66.8 Å². The number of hydrogen-bond donors (Lipinski definition) is 1. The van der Waals surface area contributed by atoms with E-state index in [2.05, 4.69) is 52.3 Å². The Morgan fingerprint density at radius 2 is 2.07 bits per heavy atom. The highest BCUT2D eigenvalue weighted by Crippen LogP contribution is 2.14. The fraction of sp³-hybridized carbons (Fsp3) is 0.545. The van der Waals surface area contributed by atoms with Gasteiger partial charge in [-0.3, -0.25) is 9.89 Å². The van der Waals surface area contributed by atoms with Crippen LogP contribution in [0.3, 0.4) is 0 Å². The molecule has 0 amide bonds. The summed E-state index contributed by atoms with van der Waals surface area (Å²) in [6, 6.07) is 10.3. The summed E-state index contributed by atoms with van der Waals surface area (Å²) in [5.41, 5.74) is 2.25. The van der Waals surface area contributed by atoms with Gasteiger partial charge in [0.25, 0.3) is 0 Å². The van der Waals surface area contributed by atoms with Gasteiger partial charge < -0.3 is 19.5 Å². The highest BCUT2D eigenvalue weighted by molar-refractivity contribution is 5.80. The molecule has 1 aliphatic rings. The molecule has 2 heterocycles. The molecule has 158 valence electrons. The first kappa shape index (κ1) is 21.2. The molecule has 7 heteroatoms. The molecule has 1 aromatic carbocycles. The Bertz CT molecular complexity index is 739. The summed E-state index contributed by atoms with van der Waals surface area (Å²) in [5, 5.41) is 7.45. The minimum atomic E-state index is 0.759. The molecule has 0 bridgehead atoms. The molecule has 0 aliphatic carbocycles. The van der Waals surface area contributed by atoms with Gasteiger partial charge in [0.1, 0.15) is 12.0 Å². The zero-order chi connectivity index (χ0) is 20.3. The highest BCUT2D eigenvalue weighted by Gasteiger charge is 2.20. The third-order valence-electron chi connectivity index (χ3n) is 4.92. The van der Waals surface area contributed by atoms with E-state index in [0.29, 0.717) is 0 Å². The number of nitrogens with one attached hydrogen (secondary N) is 1. The van der Waals surface area contributed by atoms with Crippen molar-refractivity contribution in [1.29, 1.82) is 0 Å². The Kier molecular flexibility index (Phi) is 8.37. The van der Waals surface area contributed by atoms with Crippen LogP contribution in [0.1, 0.15) is 31.5 Å². The third kappa shape index (κ3) is 6.78. The van der Waals surface area contributed by atoms with Gasteiger partial charge in [-0.2, -0.15) is 0 Å². The molecule has 0 saturated carbocycles. The number of hydrogen-bond acceptors (Lipinski definition) is 5. The van der Waals surface area contributed by atoms with Crippen molar-refractivity contribution < 1.29 is 9.26 Å². The number of ether oxygens (including phenoxy) is 1. The predicted octanol–water partition coefficient (Wildman–Crippen LogP) is 2.79. The van der Waals surface area contributed by atoms with Crippen LogP contribution in [0.25, 0.3) is 0 Å². The Hall–Kier alpha value is -2.54. The quantitative estimate of drug-likeness (QED) is 0.517. The van der Waals surface area contributed by atoms with E-state index >= 15 is 0 Å². The maximum Gasteiger partial charge on any atom is 0.194 e. The highest BCUT2D eigenvalue weighted by atomic mass is 16.5. The van der Waals surface area contributed by atoms with Crippen molar-refractivity contribution in [3.05, 3.63) is 47.9 Å². The number of nitrogens with zero attached hydrogens (tertiary/aromatic N) is 4. The zero-order valence-corrected chi connectivity index (χ0v) is 17.6. The normalized spacial score (nSPS) is 15.5. The van der Waals surface area contributed by atoms with Gasteiger partial charge in [-0.1, -0.05) is 24.2 Å². The van der Waals surface area contributed by atoms with Crippen LogP contribution in [0.2, 0.25) is 0 Å². The van der Waals surface area contributed by atoms with Crippen LogP contribution >= 0.6 is 0 Å². The van der Waals surface area contributed by atoms with Crippen LogP contribution in [0, 0.1) is 0 Å². The largest absolute Gasteiger partial charge is 0.494 e. The van der Waals surface area contributed by atoms with E-state index in [-0.39, 0.29) is 0 Å². The molecule has 1 N–H and O–H groups in total. The molecular formula is C22H33N5O2. The minimum Gasteiger partial charge on any atom is -0.494 e. The van der Waals surface area contributed by atoms with Crippen LogP contribution in [0.4, 0.5) is 0 Å². The summed E-state index contributed by atoms with van der Waals surface area (Å²) in [5.74, 6) is 1.95. The Labute approximate surface area is 173 Å². The van der Waals surface area contributed by atoms with Crippen molar-refractivity contribution in [3.8, 4) is 5.75 Å². The SMILES string of the molecule is CCCOc1cccc(CCN=C(NCC)N2CCN(Cc3ccon3)CC2)c1. The van der Waals surface area contributed by atoms with Crippen LogP contribution < -0.4 is 10.1 Å². The summed E-state index contributed by atoms with van der Waals surface area (Å²) >= 11 is 0. The van der Waals surface area contributed by atoms with Crippen molar-refractivity contribution in [2.75, 3.05) is 45.9 Å². The molecule has 3 rings (SSSR count). The first-order valence-electron chi connectivity index (χ1n) is 10.6. The van der Waals surface area contributed by atoms with Gasteiger partial charge in [-0.15, -0.1) is 0 Å². The number of benzene rings is 1. The van der Waals surface area contributed by atoms with E-state index in [0.717, 1.165) is 82.7 Å². The average Bonchev–Trinajstić information content (AvgIpc) is 3.26. The smallest absolute Gasteiger partial charge is 0.194 e. The van der Waals surface area contributed by atoms with E-state index < -0.39 is 0 Å². The average molecular weight is 400 g/mol. The van der Waals surface area contributed by atoms with Gasteiger partial charge in [0.15, 0.2) is 5.96 Å². The topological polar surface area (TPSA) is 66.1 Å². The monoisotopic (exact) mass is 399 g/mol. The first-order chi connectivity index (χ1) is 14.3. The maximum atomic E-state index is 5.73. The van der Waals surface area contributed by atoms with Crippen molar-refractivity contribution in [2.45, 2.75) is 33.2 Å². The lowest BCUT2D eigenvalue weighted by Gasteiger charge is -2.36. The standard InChI is InChI=1S/C22H33N5O2/c1-3-15-28-21-7-5-6-19(17-21)8-10-24-22(23-4-2)27-13-11-26(12-14-27)18-20-9-16-29-25-20/h5-7,9,16-17H,3-4,8,10-15,18H2,1-2H3,(H,23,24). The number of aliphatic imine (C=N–C) groups is 1. The molecular weight excluding hydrogens is 366 g/mol. The molecule has 2 aromatic rings. The molecule has 1 aliphatic heterocycles. The lowest BCUT2D eigenvalue weighted by atomic mass is 10.1. The predicted molar refractivity (Wildman–Crippen MR) is 115 cm³/mol. The van der Waals surface area contributed by atoms with Gasteiger partial charge in [0, 0.05) is 51.9 Å². The second-order valence-electron chi connectivity index (χ2n) is 7.24.